The number of sulfonamides is 1. The van der Waals surface area contributed by atoms with E-state index in [4.69, 9.17) is 4.74 Å². The average molecular weight is 272 g/mol. The molecule has 1 aromatic rings. The van der Waals surface area contributed by atoms with Crippen molar-refractivity contribution in [2.75, 3.05) is 23.4 Å². The van der Waals surface area contributed by atoms with Crippen LogP contribution in [0.25, 0.3) is 0 Å². The molecule has 6 heteroatoms. The minimum atomic E-state index is -3.22. The van der Waals surface area contributed by atoms with Crippen LogP contribution in [0.5, 0.6) is 0 Å². The summed E-state index contributed by atoms with van der Waals surface area (Å²) in [4.78, 5) is 0. The fourth-order valence-electron chi connectivity index (χ4n) is 1.43. The molecule has 0 amide bonds. The Morgan fingerprint density at radius 3 is 2.06 bits per heavy atom. The first-order valence-electron chi connectivity index (χ1n) is 5.69. The second kappa shape index (κ2) is 6.06. The molecule has 0 saturated heterocycles. The summed E-state index contributed by atoms with van der Waals surface area (Å²) in [5, 5.41) is 3.28. The molecule has 0 spiro atoms. The molecular formula is C12H20N2O3S. The zero-order chi connectivity index (χ0) is 13.8. The molecular weight excluding hydrogens is 252 g/mol. The summed E-state index contributed by atoms with van der Waals surface area (Å²) in [6, 6.07) is 7.25. The van der Waals surface area contributed by atoms with Crippen LogP contribution in [0.1, 0.15) is 13.8 Å². The molecule has 0 aliphatic carbocycles. The van der Waals surface area contributed by atoms with Crippen LogP contribution < -0.4 is 10.0 Å². The SMILES string of the molecule is COC(C)C(C)Nc1ccc(NS(C)(=O)=O)cc1. The maximum atomic E-state index is 11.0. The Balaban J connectivity index is 2.66. The summed E-state index contributed by atoms with van der Waals surface area (Å²) >= 11 is 0. The van der Waals surface area contributed by atoms with Crippen molar-refractivity contribution in [2.45, 2.75) is 26.0 Å². The number of hydrogen-bond acceptors (Lipinski definition) is 4. The van der Waals surface area contributed by atoms with Gasteiger partial charge in [-0.05, 0) is 38.1 Å². The third-order valence-electron chi connectivity index (χ3n) is 2.66. The lowest BCUT2D eigenvalue weighted by Crippen LogP contribution is -2.29. The predicted octanol–water partition coefficient (Wildman–Crippen LogP) is 1.89. The standard InChI is InChI=1S/C12H20N2O3S/c1-9(10(2)17-3)13-11-5-7-12(8-6-11)14-18(4,15)16/h5-10,13-14H,1-4H3. The van der Waals surface area contributed by atoms with E-state index in [-0.39, 0.29) is 12.1 Å². The number of hydrogen-bond donors (Lipinski definition) is 2. The Bertz CT molecular complexity index is 471. The highest BCUT2D eigenvalue weighted by Crippen LogP contribution is 2.16. The molecule has 5 nitrogen and oxygen atoms in total. The molecule has 1 aromatic carbocycles. The van der Waals surface area contributed by atoms with E-state index in [2.05, 4.69) is 10.0 Å². The topological polar surface area (TPSA) is 67.4 Å². The average Bonchev–Trinajstić information content (AvgIpc) is 2.28. The van der Waals surface area contributed by atoms with E-state index in [1.54, 1.807) is 19.2 Å². The van der Waals surface area contributed by atoms with Gasteiger partial charge in [0.1, 0.15) is 0 Å². The number of rotatable bonds is 6. The zero-order valence-corrected chi connectivity index (χ0v) is 11.9. The molecule has 0 radical (unpaired) electrons. The molecule has 102 valence electrons. The van der Waals surface area contributed by atoms with Crippen molar-refractivity contribution in [3.8, 4) is 0 Å². The van der Waals surface area contributed by atoms with Gasteiger partial charge in [0.05, 0.1) is 12.4 Å². The number of nitrogens with one attached hydrogen (secondary N) is 2. The Labute approximate surface area is 109 Å². The summed E-state index contributed by atoms with van der Waals surface area (Å²) < 4.78 is 29.7. The quantitative estimate of drug-likeness (QED) is 0.830. The van der Waals surface area contributed by atoms with Crippen LogP contribution in [0.15, 0.2) is 24.3 Å². The number of ether oxygens (including phenoxy) is 1. The van der Waals surface area contributed by atoms with Crippen LogP contribution in [0, 0.1) is 0 Å². The van der Waals surface area contributed by atoms with E-state index in [0.717, 1.165) is 11.9 Å². The molecule has 2 atom stereocenters. The van der Waals surface area contributed by atoms with Crippen molar-refractivity contribution in [3.05, 3.63) is 24.3 Å². The summed E-state index contributed by atoms with van der Waals surface area (Å²) in [5.41, 5.74) is 1.47. The Hall–Kier alpha value is -1.27. The molecule has 0 fully saturated rings. The Morgan fingerprint density at radius 2 is 1.61 bits per heavy atom. The van der Waals surface area contributed by atoms with Crippen LogP contribution in [0.4, 0.5) is 11.4 Å². The number of anilines is 2. The van der Waals surface area contributed by atoms with E-state index in [1.165, 1.54) is 0 Å². The third kappa shape index (κ3) is 4.93. The van der Waals surface area contributed by atoms with Gasteiger partial charge in [-0.25, -0.2) is 8.42 Å². The van der Waals surface area contributed by atoms with E-state index < -0.39 is 10.0 Å². The van der Waals surface area contributed by atoms with Gasteiger partial charge < -0.3 is 10.1 Å². The first-order valence-corrected chi connectivity index (χ1v) is 7.58. The molecule has 0 heterocycles. The van der Waals surface area contributed by atoms with Crippen molar-refractivity contribution >= 4 is 21.4 Å². The van der Waals surface area contributed by atoms with Gasteiger partial charge in [-0.15, -0.1) is 0 Å². The molecule has 0 bridgehead atoms. The lowest BCUT2D eigenvalue weighted by Gasteiger charge is -2.21. The monoisotopic (exact) mass is 272 g/mol. The second-order valence-electron chi connectivity index (χ2n) is 4.33. The molecule has 1 rings (SSSR count). The van der Waals surface area contributed by atoms with E-state index in [1.807, 2.05) is 26.0 Å². The maximum absolute atomic E-state index is 11.0. The minimum absolute atomic E-state index is 0.0961. The van der Waals surface area contributed by atoms with Crippen LogP contribution in [-0.2, 0) is 14.8 Å². The summed E-state index contributed by atoms with van der Waals surface area (Å²) in [5.74, 6) is 0. The van der Waals surface area contributed by atoms with Crippen molar-refractivity contribution in [1.82, 2.24) is 0 Å². The Kier molecular flexibility index (Phi) is 4.98. The minimum Gasteiger partial charge on any atom is -0.380 e. The smallest absolute Gasteiger partial charge is 0.229 e. The first-order chi connectivity index (χ1) is 8.31. The van der Waals surface area contributed by atoms with Crippen LogP contribution in [0.3, 0.4) is 0 Å². The van der Waals surface area contributed by atoms with Gasteiger partial charge in [0.15, 0.2) is 0 Å². The molecule has 0 saturated carbocycles. The van der Waals surface area contributed by atoms with Crippen LogP contribution >= 0.6 is 0 Å². The van der Waals surface area contributed by atoms with Gasteiger partial charge in [-0.1, -0.05) is 0 Å². The zero-order valence-electron chi connectivity index (χ0n) is 11.1. The molecule has 2 unspecified atom stereocenters. The highest BCUT2D eigenvalue weighted by Gasteiger charge is 2.10. The summed E-state index contributed by atoms with van der Waals surface area (Å²) in [6.07, 6.45) is 1.22. The van der Waals surface area contributed by atoms with Crippen molar-refractivity contribution < 1.29 is 13.2 Å². The molecule has 0 aliphatic rings. The highest BCUT2D eigenvalue weighted by molar-refractivity contribution is 7.92. The second-order valence-corrected chi connectivity index (χ2v) is 6.07. The molecule has 0 aliphatic heterocycles. The maximum Gasteiger partial charge on any atom is 0.229 e. The Morgan fingerprint density at radius 1 is 1.11 bits per heavy atom. The van der Waals surface area contributed by atoms with Gasteiger partial charge >= 0.3 is 0 Å². The number of methoxy groups -OCH3 is 1. The van der Waals surface area contributed by atoms with Gasteiger partial charge in [-0.3, -0.25) is 4.72 Å². The van der Waals surface area contributed by atoms with E-state index in [9.17, 15) is 8.42 Å². The van der Waals surface area contributed by atoms with E-state index >= 15 is 0 Å². The highest BCUT2D eigenvalue weighted by atomic mass is 32.2. The van der Waals surface area contributed by atoms with Gasteiger partial charge in [-0.2, -0.15) is 0 Å². The molecule has 2 N–H and O–H groups in total. The summed E-state index contributed by atoms with van der Waals surface area (Å²) in [7, 11) is -1.55. The van der Waals surface area contributed by atoms with Gasteiger partial charge in [0.25, 0.3) is 0 Å². The fourth-order valence-corrected chi connectivity index (χ4v) is 2.00. The predicted molar refractivity (Wildman–Crippen MR) is 74.5 cm³/mol. The van der Waals surface area contributed by atoms with E-state index in [0.29, 0.717) is 5.69 Å². The normalized spacial score (nSPS) is 14.9. The third-order valence-corrected chi connectivity index (χ3v) is 3.26. The number of benzene rings is 1. The summed E-state index contributed by atoms with van der Waals surface area (Å²) in [6.45, 7) is 4.01. The van der Waals surface area contributed by atoms with Crippen molar-refractivity contribution in [1.29, 1.82) is 0 Å². The first kappa shape index (κ1) is 14.8. The lowest BCUT2D eigenvalue weighted by molar-refractivity contribution is 0.106. The molecule has 0 aromatic heterocycles. The van der Waals surface area contributed by atoms with Crippen LogP contribution in [-0.4, -0.2) is 33.9 Å². The fraction of sp³-hybridized carbons (Fsp3) is 0.500. The largest absolute Gasteiger partial charge is 0.380 e. The molecule has 18 heavy (non-hydrogen) atoms. The lowest BCUT2D eigenvalue weighted by atomic mass is 10.2. The van der Waals surface area contributed by atoms with Crippen molar-refractivity contribution in [3.63, 3.8) is 0 Å². The van der Waals surface area contributed by atoms with Gasteiger partial charge in [0, 0.05) is 24.5 Å². The van der Waals surface area contributed by atoms with Gasteiger partial charge in [0.2, 0.25) is 10.0 Å². The van der Waals surface area contributed by atoms with Crippen LogP contribution in [0.2, 0.25) is 0 Å². The van der Waals surface area contributed by atoms with Crippen molar-refractivity contribution in [2.24, 2.45) is 0 Å².